The summed E-state index contributed by atoms with van der Waals surface area (Å²) in [7, 11) is -3.47. The van der Waals surface area contributed by atoms with Gasteiger partial charge in [-0.1, -0.05) is 18.2 Å². The van der Waals surface area contributed by atoms with Gasteiger partial charge in [0.2, 0.25) is 10.0 Å². The smallest absolute Gasteiger partial charge is 0.251 e. The predicted molar refractivity (Wildman–Crippen MR) is 113 cm³/mol. The number of hydrogen-bond acceptors (Lipinski definition) is 4. The Hall–Kier alpha value is -3.06. The molecule has 0 fully saturated rings. The molecular formula is C22H24N2O4S. The highest BCUT2D eigenvalue weighted by molar-refractivity contribution is 7.92. The molecule has 2 aromatic carbocycles. The number of benzene rings is 2. The summed E-state index contributed by atoms with van der Waals surface area (Å²) in [4.78, 5) is 12.3. The van der Waals surface area contributed by atoms with Crippen LogP contribution in [0.25, 0.3) is 0 Å². The fourth-order valence-electron chi connectivity index (χ4n) is 3.10. The molecule has 0 saturated carbocycles. The molecule has 1 heterocycles. The van der Waals surface area contributed by atoms with Crippen LogP contribution in [0.5, 0.6) is 0 Å². The molecule has 0 spiro atoms. The molecule has 0 saturated heterocycles. The van der Waals surface area contributed by atoms with Crippen LogP contribution in [0.15, 0.2) is 65.3 Å². The van der Waals surface area contributed by atoms with E-state index in [1.165, 1.54) is 10.6 Å². The number of rotatable bonds is 7. The summed E-state index contributed by atoms with van der Waals surface area (Å²) >= 11 is 0. The highest BCUT2D eigenvalue weighted by Gasteiger charge is 2.19. The van der Waals surface area contributed by atoms with E-state index >= 15 is 0 Å². The van der Waals surface area contributed by atoms with Crippen molar-refractivity contribution >= 4 is 21.6 Å². The summed E-state index contributed by atoms with van der Waals surface area (Å²) in [5, 5.41) is 2.79. The first-order valence-electron chi connectivity index (χ1n) is 9.18. The molecule has 0 aliphatic heterocycles. The standard InChI is InChI=1S/C22H24N2O4S/c1-16-11-17(2)13-20(12-16)24(29(3,26)27)15-18-6-8-19(9-7-18)22(25)23-14-21-5-4-10-28-21/h4-13H,14-15H2,1-3H3,(H,23,25). The normalized spacial score (nSPS) is 11.3. The molecule has 3 aromatic rings. The fourth-order valence-corrected chi connectivity index (χ4v) is 3.98. The molecule has 7 heteroatoms. The van der Waals surface area contributed by atoms with Crippen molar-refractivity contribution in [3.63, 3.8) is 0 Å². The van der Waals surface area contributed by atoms with Crippen LogP contribution in [-0.4, -0.2) is 20.6 Å². The molecular weight excluding hydrogens is 388 g/mol. The molecule has 3 rings (SSSR count). The summed E-state index contributed by atoms with van der Waals surface area (Å²) in [6.45, 7) is 4.37. The lowest BCUT2D eigenvalue weighted by Crippen LogP contribution is -2.29. The number of amides is 1. The summed E-state index contributed by atoms with van der Waals surface area (Å²) in [5.41, 5.74) is 3.91. The second-order valence-corrected chi connectivity index (χ2v) is 8.98. The maximum Gasteiger partial charge on any atom is 0.251 e. The third-order valence-electron chi connectivity index (χ3n) is 4.44. The van der Waals surface area contributed by atoms with E-state index in [1.807, 2.05) is 32.0 Å². The van der Waals surface area contributed by atoms with E-state index < -0.39 is 10.0 Å². The van der Waals surface area contributed by atoms with Crippen LogP contribution >= 0.6 is 0 Å². The average molecular weight is 413 g/mol. The van der Waals surface area contributed by atoms with Gasteiger partial charge in [0.25, 0.3) is 5.91 Å². The summed E-state index contributed by atoms with van der Waals surface area (Å²) in [6, 6.07) is 16.2. The molecule has 0 unspecified atom stereocenters. The van der Waals surface area contributed by atoms with E-state index in [0.717, 1.165) is 16.7 Å². The zero-order chi connectivity index (χ0) is 21.0. The van der Waals surface area contributed by atoms with Crippen molar-refractivity contribution < 1.29 is 17.6 Å². The van der Waals surface area contributed by atoms with Gasteiger partial charge in [-0.15, -0.1) is 0 Å². The molecule has 1 amide bonds. The van der Waals surface area contributed by atoms with Crippen LogP contribution in [0.2, 0.25) is 0 Å². The van der Waals surface area contributed by atoms with E-state index in [-0.39, 0.29) is 12.5 Å². The minimum absolute atomic E-state index is 0.190. The number of nitrogens with zero attached hydrogens (tertiary/aromatic N) is 1. The van der Waals surface area contributed by atoms with E-state index in [4.69, 9.17) is 4.42 Å². The van der Waals surface area contributed by atoms with Gasteiger partial charge >= 0.3 is 0 Å². The van der Waals surface area contributed by atoms with Crippen LogP contribution in [0.1, 0.15) is 32.8 Å². The van der Waals surface area contributed by atoms with Gasteiger partial charge in [-0.25, -0.2) is 8.42 Å². The van der Waals surface area contributed by atoms with E-state index in [9.17, 15) is 13.2 Å². The Morgan fingerprint density at radius 3 is 2.24 bits per heavy atom. The third-order valence-corrected chi connectivity index (χ3v) is 5.58. The number of hydrogen-bond donors (Lipinski definition) is 1. The molecule has 0 aliphatic rings. The molecule has 1 N–H and O–H groups in total. The Balaban J connectivity index is 1.74. The number of sulfonamides is 1. The number of nitrogens with one attached hydrogen (secondary N) is 1. The maximum absolute atomic E-state index is 12.4. The first-order chi connectivity index (χ1) is 13.7. The molecule has 0 radical (unpaired) electrons. The van der Waals surface area contributed by atoms with E-state index in [2.05, 4.69) is 5.32 Å². The number of carbonyl (C=O) groups excluding carboxylic acids is 1. The number of carbonyl (C=O) groups is 1. The summed E-state index contributed by atoms with van der Waals surface area (Å²) < 4.78 is 31.3. The van der Waals surface area contributed by atoms with Crippen LogP contribution in [0.3, 0.4) is 0 Å². The fraction of sp³-hybridized carbons (Fsp3) is 0.227. The molecule has 6 nitrogen and oxygen atoms in total. The Morgan fingerprint density at radius 1 is 1.03 bits per heavy atom. The molecule has 0 bridgehead atoms. The molecule has 152 valence electrons. The molecule has 1 aromatic heterocycles. The van der Waals surface area contributed by atoms with Gasteiger partial charge in [-0.05, 0) is 66.9 Å². The van der Waals surface area contributed by atoms with Crippen LogP contribution in [-0.2, 0) is 23.1 Å². The van der Waals surface area contributed by atoms with Crippen molar-refractivity contribution in [1.82, 2.24) is 5.32 Å². The van der Waals surface area contributed by atoms with Gasteiger partial charge in [0, 0.05) is 5.56 Å². The monoisotopic (exact) mass is 412 g/mol. The van der Waals surface area contributed by atoms with Gasteiger partial charge in [-0.3, -0.25) is 9.10 Å². The Morgan fingerprint density at radius 2 is 1.69 bits per heavy atom. The van der Waals surface area contributed by atoms with Crippen molar-refractivity contribution in [1.29, 1.82) is 0 Å². The lowest BCUT2D eigenvalue weighted by Gasteiger charge is -2.23. The summed E-state index contributed by atoms with van der Waals surface area (Å²) in [6.07, 6.45) is 2.75. The number of furan rings is 1. The van der Waals surface area contributed by atoms with Crippen LogP contribution in [0.4, 0.5) is 5.69 Å². The maximum atomic E-state index is 12.4. The van der Waals surface area contributed by atoms with E-state index in [1.54, 1.807) is 42.7 Å². The summed E-state index contributed by atoms with van der Waals surface area (Å²) in [5.74, 6) is 0.453. The lowest BCUT2D eigenvalue weighted by molar-refractivity contribution is 0.0948. The second kappa shape index (κ2) is 8.53. The minimum Gasteiger partial charge on any atom is -0.467 e. The lowest BCUT2D eigenvalue weighted by atomic mass is 10.1. The largest absolute Gasteiger partial charge is 0.467 e. The number of aryl methyl sites for hydroxylation is 2. The van der Waals surface area contributed by atoms with Crippen molar-refractivity contribution in [2.24, 2.45) is 0 Å². The zero-order valence-electron chi connectivity index (χ0n) is 16.7. The molecule has 0 aliphatic carbocycles. The second-order valence-electron chi connectivity index (χ2n) is 7.07. The molecule has 0 atom stereocenters. The van der Waals surface area contributed by atoms with Gasteiger partial charge < -0.3 is 9.73 Å². The average Bonchev–Trinajstić information content (AvgIpc) is 3.16. The predicted octanol–water partition coefficient (Wildman–Crippen LogP) is 3.79. The van der Waals surface area contributed by atoms with Gasteiger partial charge in [0.05, 0.1) is 31.3 Å². The van der Waals surface area contributed by atoms with E-state index in [0.29, 0.717) is 23.6 Å². The SMILES string of the molecule is Cc1cc(C)cc(N(Cc2ccc(C(=O)NCc3ccco3)cc2)S(C)(=O)=O)c1. The minimum atomic E-state index is -3.47. The first kappa shape index (κ1) is 20.7. The first-order valence-corrected chi connectivity index (χ1v) is 11.0. The Bertz CT molecular complexity index is 1070. The Labute approximate surface area is 171 Å². The highest BCUT2D eigenvalue weighted by Crippen LogP contribution is 2.23. The van der Waals surface area contributed by atoms with Crippen molar-refractivity contribution in [3.05, 3.63) is 88.9 Å². The van der Waals surface area contributed by atoms with Crippen molar-refractivity contribution in [3.8, 4) is 0 Å². The Kier molecular flexibility index (Phi) is 6.08. The van der Waals surface area contributed by atoms with Gasteiger partial charge in [0.15, 0.2) is 0 Å². The zero-order valence-corrected chi connectivity index (χ0v) is 17.5. The van der Waals surface area contributed by atoms with Crippen molar-refractivity contribution in [2.45, 2.75) is 26.9 Å². The van der Waals surface area contributed by atoms with Crippen LogP contribution in [0, 0.1) is 13.8 Å². The highest BCUT2D eigenvalue weighted by atomic mass is 32.2. The van der Waals surface area contributed by atoms with Gasteiger partial charge in [0.1, 0.15) is 5.76 Å². The van der Waals surface area contributed by atoms with Gasteiger partial charge in [-0.2, -0.15) is 0 Å². The van der Waals surface area contributed by atoms with Crippen molar-refractivity contribution in [2.75, 3.05) is 10.6 Å². The number of anilines is 1. The van der Waals surface area contributed by atoms with Crippen LogP contribution < -0.4 is 9.62 Å². The topological polar surface area (TPSA) is 79.6 Å². The molecule has 29 heavy (non-hydrogen) atoms. The quantitative estimate of drug-likeness (QED) is 0.640. The third kappa shape index (κ3) is 5.48.